The van der Waals surface area contributed by atoms with E-state index in [1.165, 1.54) is 0 Å². The summed E-state index contributed by atoms with van der Waals surface area (Å²) in [5, 5.41) is 0. The minimum atomic E-state index is 0.905. The zero-order valence-electron chi connectivity index (χ0n) is 4.89. The maximum atomic E-state index is 5.15. The number of terminal acetylenes is 1. The van der Waals surface area contributed by atoms with Gasteiger partial charge in [-0.05, 0) is 24.8 Å². The lowest BCUT2D eigenvalue weighted by atomic mass is 10.2. The quantitative estimate of drug-likeness (QED) is 0.368. The molecule has 0 radical (unpaired) electrons. The van der Waals surface area contributed by atoms with Crippen LogP contribution in [-0.4, -0.2) is 0 Å². The Hall–Kier alpha value is -0.870. The van der Waals surface area contributed by atoms with Gasteiger partial charge in [0, 0.05) is 11.6 Å². The number of hydrogen-bond acceptors (Lipinski definition) is 0. The molecule has 1 aromatic carbocycles. The molecule has 0 fully saturated rings. The fourth-order valence-corrected chi connectivity index (χ4v) is 0.861. The fraction of sp³-hybridized carbons (Fsp3) is 0. The highest BCUT2D eigenvalue weighted by Crippen LogP contribution is 2.01. The maximum Gasteiger partial charge on any atom is 0.151 e. The van der Waals surface area contributed by atoms with Gasteiger partial charge < -0.3 is 0 Å². The lowest BCUT2D eigenvalue weighted by Gasteiger charge is -1.85. The van der Waals surface area contributed by atoms with Gasteiger partial charge in [-0.25, -0.2) is 0 Å². The van der Waals surface area contributed by atoms with Gasteiger partial charge in [-0.1, -0.05) is 12.0 Å². The van der Waals surface area contributed by atoms with Crippen molar-refractivity contribution in [3.05, 3.63) is 29.8 Å². The van der Waals surface area contributed by atoms with Crippen LogP contribution in [0.25, 0.3) is 0 Å². The van der Waals surface area contributed by atoms with Crippen molar-refractivity contribution in [1.82, 2.24) is 0 Å². The molecule has 0 unspecified atom stereocenters. The Labute approximate surface area is 60.3 Å². The van der Waals surface area contributed by atoms with Gasteiger partial charge in [0.1, 0.15) is 0 Å². The molecule has 0 aliphatic heterocycles. The Morgan fingerprint density at radius 3 is 2.67 bits per heavy atom. The molecule has 0 nitrogen and oxygen atoms in total. The van der Waals surface area contributed by atoms with Crippen molar-refractivity contribution in [2.24, 2.45) is 0 Å². The SMILES string of the molecule is C#Cc1cccc([SH2+])c1. The van der Waals surface area contributed by atoms with E-state index in [-0.39, 0.29) is 0 Å². The average molecular weight is 135 g/mol. The summed E-state index contributed by atoms with van der Waals surface area (Å²) >= 11 is 3.35. The van der Waals surface area contributed by atoms with Gasteiger partial charge in [-0.15, -0.1) is 6.42 Å². The second-order valence-corrected chi connectivity index (χ2v) is 2.30. The van der Waals surface area contributed by atoms with Crippen molar-refractivity contribution in [1.29, 1.82) is 0 Å². The first kappa shape index (κ1) is 6.25. The Morgan fingerprint density at radius 1 is 1.44 bits per heavy atom. The largest absolute Gasteiger partial charge is 0.151 e. The van der Waals surface area contributed by atoms with Crippen LogP contribution in [0.2, 0.25) is 0 Å². The van der Waals surface area contributed by atoms with Gasteiger partial charge >= 0.3 is 0 Å². The lowest BCUT2D eigenvalue weighted by molar-refractivity contribution is 1.45. The summed E-state index contributed by atoms with van der Waals surface area (Å²) < 4.78 is 0. The van der Waals surface area contributed by atoms with Crippen molar-refractivity contribution in [2.45, 2.75) is 4.90 Å². The molecule has 44 valence electrons. The second-order valence-electron chi connectivity index (χ2n) is 1.73. The summed E-state index contributed by atoms with van der Waals surface area (Å²) in [6.45, 7) is 0. The van der Waals surface area contributed by atoms with Gasteiger partial charge in [0.25, 0.3) is 0 Å². The molecule has 1 rings (SSSR count). The number of benzene rings is 1. The summed E-state index contributed by atoms with van der Waals surface area (Å²) in [4.78, 5) is 1.02. The van der Waals surface area contributed by atoms with Gasteiger partial charge in [0.2, 0.25) is 0 Å². The Balaban J connectivity index is 3.12. The first-order valence-corrected chi connectivity index (χ1v) is 3.11. The standard InChI is InChI=1S/C8H6S/c1-2-7-4-3-5-8(9)6-7/h1,3-6,9H/p+1. The monoisotopic (exact) mass is 135 g/mol. The second kappa shape index (κ2) is 2.61. The highest BCUT2D eigenvalue weighted by Gasteiger charge is 1.89. The van der Waals surface area contributed by atoms with Crippen LogP contribution in [0, 0.1) is 12.3 Å². The van der Waals surface area contributed by atoms with E-state index in [9.17, 15) is 0 Å². The van der Waals surface area contributed by atoms with Crippen LogP contribution in [0.5, 0.6) is 0 Å². The normalized spacial score (nSPS) is 8.44. The zero-order chi connectivity index (χ0) is 6.69. The molecule has 0 saturated heterocycles. The smallest absolute Gasteiger partial charge is 0.115 e. The molecular formula is C8H7S+. The van der Waals surface area contributed by atoms with E-state index in [4.69, 9.17) is 6.42 Å². The first-order valence-electron chi connectivity index (χ1n) is 2.61. The van der Waals surface area contributed by atoms with Crippen LogP contribution in [0.1, 0.15) is 5.56 Å². The summed E-state index contributed by atoms with van der Waals surface area (Å²) in [7, 11) is 0. The third kappa shape index (κ3) is 1.51. The van der Waals surface area contributed by atoms with Crippen molar-refractivity contribution in [3.63, 3.8) is 0 Å². The molecule has 0 spiro atoms. The van der Waals surface area contributed by atoms with Crippen molar-refractivity contribution >= 4 is 12.6 Å². The van der Waals surface area contributed by atoms with E-state index < -0.39 is 0 Å². The van der Waals surface area contributed by atoms with Crippen LogP contribution in [0.3, 0.4) is 0 Å². The minimum absolute atomic E-state index is 0.905. The van der Waals surface area contributed by atoms with Crippen LogP contribution in [0.15, 0.2) is 29.2 Å². The van der Waals surface area contributed by atoms with Crippen molar-refractivity contribution in [2.75, 3.05) is 0 Å². The molecule has 1 aromatic rings. The Kier molecular flexibility index (Phi) is 1.81. The van der Waals surface area contributed by atoms with Gasteiger partial charge in [0.05, 0.1) is 0 Å². The maximum absolute atomic E-state index is 5.15. The molecule has 0 atom stereocenters. The fourth-order valence-electron chi connectivity index (χ4n) is 0.609. The molecule has 9 heavy (non-hydrogen) atoms. The zero-order valence-corrected chi connectivity index (χ0v) is 5.89. The topological polar surface area (TPSA) is 0 Å². The third-order valence-corrected chi connectivity index (χ3v) is 1.34. The van der Waals surface area contributed by atoms with Crippen LogP contribution in [0.4, 0.5) is 0 Å². The van der Waals surface area contributed by atoms with E-state index >= 15 is 0 Å². The molecule has 1 heteroatoms. The molecule has 0 aliphatic carbocycles. The molecule has 0 saturated carbocycles. The summed E-state index contributed by atoms with van der Waals surface area (Å²) in [5.74, 6) is 2.54. The van der Waals surface area contributed by atoms with E-state index in [1.807, 2.05) is 24.3 Å². The molecule has 0 heterocycles. The summed E-state index contributed by atoms with van der Waals surface area (Å²) in [5.41, 5.74) is 0.905. The van der Waals surface area contributed by atoms with Crippen molar-refractivity contribution in [3.8, 4) is 12.3 Å². The van der Waals surface area contributed by atoms with Gasteiger partial charge in [-0.3, -0.25) is 0 Å². The summed E-state index contributed by atoms with van der Waals surface area (Å²) in [6.07, 6.45) is 5.15. The number of rotatable bonds is 0. The van der Waals surface area contributed by atoms with Crippen LogP contribution in [-0.2, 0) is 12.6 Å². The molecular weight excluding hydrogens is 128 g/mol. The first-order chi connectivity index (χ1) is 4.33. The molecule has 0 bridgehead atoms. The van der Waals surface area contributed by atoms with E-state index in [0.717, 1.165) is 10.5 Å². The van der Waals surface area contributed by atoms with E-state index in [0.29, 0.717) is 0 Å². The average Bonchev–Trinajstić information content (AvgIpc) is 1.88. The van der Waals surface area contributed by atoms with E-state index in [1.54, 1.807) is 0 Å². The number of hydrogen-bond donors (Lipinski definition) is 0. The minimum Gasteiger partial charge on any atom is -0.115 e. The van der Waals surface area contributed by atoms with Gasteiger partial charge in [0.15, 0.2) is 4.90 Å². The lowest BCUT2D eigenvalue weighted by Crippen LogP contribution is -1.73. The Morgan fingerprint density at radius 2 is 2.22 bits per heavy atom. The third-order valence-electron chi connectivity index (χ3n) is 1.03. The predicted molar refractivity (Wildman–Crippen MR) is 42.8 cm³/mol. The van der Waals surface area contributed by atoms with Crippen LogP contribution < -0.4 is 0 Å². The van der Waals surface area contributed by atoms with Gasteiger partial charge in [-0.2, -0.15) is 0 Å². The highest BCUT2D eigenvalue weighted by atomic mass is 32.1. The molecule has 0 aliphatic rings. The molecule has 0 N–H and O–H groups in total. The molecule has 0 aromatic heterocycles. The predicted octanol–water partition coefficient (Wildman–Crippen LogP) is 1.04. The summed E-state index contributed by atoms with van der Waals surface area (Å²) in [6, 6.07) is 7.65. The van der Waals surface area contributed by atoms with Crippen molar-refractivity contribution < 1.29 is 0 Å². The Bertz CT molecular complexity index is 245. The molecule has 0 amide bonds. The van der Waals surface area contributed by atoms with E-state index in [2.05, 4.69) is 18.5 Å². The highest BCUT2D eigenvalue weighted by molar-refractivity contribution is 7.58. The van der Waals surface area contributed by atoms with Crippen LogP contribution >= 0.6 is 0 Å².